The van der Waals surface area contributed by atoms with E-state index in [-0.39, 0.29) is 22.6 Å². The molecule has 4 rings (SSSR count). The van der Waals surface area contributed by atoms with Crippen LogP contribution in [-0.2, 0) is 14.6 Å². The maximum atomic E-state index is 11.6. The first-order valence-corrected chi connectivity index (χ1v) is 11.8. The average Bonchev–Trinajstić information content (AvgIpc) is 2.73. The molecule has 0 atom stereocenters. The first kappa shape index (κ1) is 20.3. The molecule has 0 radical (unpaired) electrons. The van der Waals surface area contributed by atoms with Gasteiger partial charge in [-0.25, -0.2) is 13.4 Å². The van der Waals surface area contributed by atoms with Gasteiger partial charge in [0.2, 0.25) is 5.91 Å². The second-order valence-corrected chi connectivity index (χ2v) is 9.88. The highest BCUT2D eigenvalue weighted by atomic mass is 32.2. The summed E-state index contributed by atoms with van der Waals surface area (Å²) in [7, 11) is -3.23. The number of primary amides is 1. The van der Waals surface area contributed by atoms with Crippen molar-refractivity contribution in [2.45, 2.75) is 36.5 Å². The molecule has 30 heavy (non-hydrogen) atoms. The number of sulfone groups is 1. The van der Waals surface area contributed by atoms with Crippen LogP contribution < -0.4 is 11.1 Å². The van der Waals surface area contributed by atoms with Crippen LogP contribution in [-0.4, -0.2) is 30.5 Å². The number of nitrogens with zero attached hydrogens (tertiary/aromatic N) is 2. The molecule has 8 heteroatoms. The van der Waals surface area contributed by atoms with Crippen LogP contribution in [0.1, 0.15) is 37.3 Å². The predicted octanol–water partition coefficient (Wildman–Crippen LogP) is 3.54. The van der Waals surface area contributed by atoms with E-state index >= 15 is 0 Å². The highest BCUT2D eigenvalue weighted by Crippen LogP contribution is 2.38. The zero-order chi connectivity index (χ0) is 21.3. The Morgan fingerprint density at radius 1 is 1.07 bits per heavy atom. The maximum absolute atomic E-state index is 11.6. The molecular weight excluding hydrogens is 400 g/mol. The fraction of sp³-hybridized carbons (Fsp3) is 0.318. The summed E-state index contributed by atoms with van der Waals surface area (Å²) in [5, 5.41) is 5.27. The number of carbonyl (C=O) groups is 1. The highest BCUT2D eigenvalue weighted by Gasteiger charge is 2.27. The van der Waals surface area contributed by atoms with Gasteiger partial charge in [-0.2, -0.15) is 0 Å². The molecule has 156 valence electrons. The number of rotatable bonds is 5. The van der Waals surface area contributed by atoms with Gasteiger partial charge < -0.3 is 11.1 Å². The molecular formula is C22H24N4O3S. The SMILES string of the molecule is CS(=O)(=O)c1ccc(Nc2cc3c(C4CCC(C(N)=O)CC4)nccc3cn2)cc1. The Labute approximate surface area is 175 Å². The molecule has 0 unspecified atom stereocenters. The number of amides is 1. The van der Waals surface area contributed by atoms with Crippen LogP contribution in [0.5, 0.6) is 0 Å². The largest absolute Gasteiger partial charge is 0.369 e. The van der Waals surface area contributed by atoms with E-state index < -0.39 is 9.84 Å². The lowest BCUT2D eigenvalue weighted by molar-refractivity contribution is -0.122. The molecule has 3 aromatic rings. The molecule has 0 aliphatic heterocycles. The second-order valence-electron chi connectivity index (χ2n) is 7.86. The third-order valence-electron chi connectivity index (χ3n) is 5.75. The molecule has 0 saturated heterocycles. The van der Waals surface area contributed by atoms with Crippen molar-refractivity contribution in [3.63, 3.8) is 0 Å². The van der Waals surface area contributed by atoms with Gasteiger partial charge in [-0.3, -0.25) is 9.78 Å². The lowest BCUT2D eigenvalue weighted by Crippen LogP contribution is -2.27. The summed E-state index contributed by atoms with van der Waals surface area (Å²) in [6.07, 6.45) is 8.16. The van der Waals surface area contributed by atoms with Crippen LogP contribution in [0.15, 0.2) is 53.7 Å². The number of nitrogens with two attached hydrogens (primary N) is 1. The van der Waals surface area contributed by atoms with Crippen LogP contribution in [0.3, 0.4) is 0 Å². The lowest BCUT2D eigenvalue weighted by atomic mass is 9.79. The van der Waals surface area contributed by atoms with Crippen LogP contribution >= 0.6 is 0 Å². The van der Waals surface area contributed by atoms with Crippen molar-refractivity contribution in [3.8, 4) is 0 Å². The quantitative estimate of drug-likeness (QED) is 0.647. The molecule has 1 saturated carbocycles. The highest BCUT2D eigenvalue weighted by molar-refractivity contribution is 7.90. The van der Waals surface area contributed by atoms with Crippen molar-refractivity contribution >= 4 is 38.0 Å². The molecule has 1 aromatic carbocycles. The van der Waals surface area contributed by atoms with Crippen molar-refractivity contribution in [1.82, 2.24) is 9.97 Å². The lowest BCUT2D eigenvalue weighted by Gasteiger charge is -2.27. The Morgan fingerprint density at radius 2 is 1.77 bits per heavy atom. The van der Waals surface area contributed by atoms with E-state index in [2.05, 4.69) is 15.3 Å². The normalized spacial score (nSPS) is 19.5. The summed E-state index contributed by atoms with van der Waals surface area (Å²) in [5.74, 6) is 0.699. The van der Waals surface area contributed by atoms with E-state index in [1.807, 2.05) is 18.3 Å². The number of anilines is 2. The van der Waals surface area contributed by atoms with E-state index in [9.17, 15) is 13.2 Å². The smallest absolute Gasteiger partial charge is 0.220 e. The van der Waals surface area contributed by atoms with Crippen molar-refractivity contribution in [2.24, 2.45) is 11.7 Å². The van der Waals surface area contributed by atoms with Gasteiger partial charge in [0.25, 0.3) is 0 Å². The minimum Gasteiger partial charge on any atom is -0.369 e. The van der Waals surface area contributed by atoms with Crippen molar-refractivity contribution in [3.05, 3.63) is 54.5 Å². The first-order chi connectivity index (χ1) is 14.3. The van der Waals surface area contributed by atoms with Crippen LogP contribution in [0.4, 0.5) is 11.5 Å². The van der Waals surface area contributed by atoms with Crippen LogP contribution in [0, 0.1) is 5.92 Å². The van der Waals surface area contributed by atoms with Crippen molar-refractivity contribution in [1.29, 1.82) is 0 Å². The standard InChI is InChI=1S/C22H24N4O3S/c1-30(28,29)18-8-6-17(7-9-18)26-20-12-19-16(13-25-20)10-11-24-21(19)14-2-4-15(5-3-14)22(23)27/h6-15H,2-5H2,1H3,(H2,23,27)(H,25,26). The molecule has 0 spiro atoms. The monoisotopic (exact) mass is 424 g/mol. The third kappa shape index (κ3) is 4.28. The number of carbonyl (C=O) groups excluding carboxylic acids is 1. The van der Waals surface area contributed by atoms with Gasteiger partial charge in [-0.05, 0) is 62.1 Å². The summed E-state index contributed by atoms with van der Waals surface area (Å²) >= 11 is 0. The Balaban J connectivity index is 1.59. The van der Waals surface area contributed by atoms with Gasteiger partial charge in [-0.1, -0.05) is 0 Å². The third-order valence-corrected chi connectivity index (χ3v) is 6.88. The first-order valence-electron chi connectivity index (χ1n) is 9.92. The van der Waals surface area contributed by atoms with Crippen LogP contribution in [0.25, 0.3) is 10.8 Å². The molecule has 1 aliphatic carbocycles. The molecule has 0 bridgehead atoms. The fourth-order valence-electron chi connectivity index (χ4n) is 4.07. The Hall–Kier alpha value is -3.00. The molecule has 1 fully saturated rings. The zero-order valence-corrected chi connectivity index (χ0v) is 17.5. The topological polar surface area (TPSA) is 115 Å². The number of benzene rings is 1. The van der Waals surface area contributed by atoms with E-state index in [4.69, 9.17) is 5.73 Å². The fourth-order valence-corrected chi connectivity index (χ4v) is 4.70. The predicted molar refractivity (Wildman–Crippen MR) is 116 cm³/mol. The van der Waals surface area contributed by atoms with E-state index in [0.717, 1.165) is 47.8 Å². The molecule has 3 N–H and O–H groups in total. The van der Waals surface area contributed by atoms with Gasteiger partial charge in [0, 0.05) is 46.9 Å². The maximum Gasteiger partial charge on any atom is 0.220 e. The molecule has 7 nitrogen and oxygen atoms in total. The average molecular weight is 425 g/mol. The Morgan fingerprint density at radius 3 is 2.40 bits per heavy atom. The van der Waals surface area contributed by atoms with Crippen LogP contribution in [0.2, 0.25) is 0 Å². The van der Waals surface area contributed by atoms with E-state index in [0.29, 0.717) is 5.82 Å². The number of hydrogen-bond acceptors (Lipinski definition) is 6. The van der Waals surface area contributed by atoms with E-state index in [1.165, 1.54) is 6.26 Å². The number of aromatic nitrogens is 2. The zero-order valence-electron chi connectivity index (χ0n) is 16.7. The molecule has 2 heterocycles. The Bertz CT molecular complexity index is 1180. The summed E-state index contributed by atoms with van der Waals surface area (Å²) in [6.45, 7) is 0. The summed E-state index contributed by atoms with van der Waals surface area (Å²) < 4.78 is 23.3. The summed E-state index contributed by atoms with van der Waals surface area (Å²) in [6, 6.07) is 10.5. The molecule has 1 amide bonds. The number of pyridine rings is 2. The number of nitrogens with one attached hydrogen (secondary N) is 1. The van der Waals surface area contributed by atoms with Gasteiger partial charge >= 0.3 is 0 Å². The summed E-state index contributed by atoms with van der Waals surface area (Å²) in [4.78, 5) is 20.9. The molecule has 2 aromatic heterocycles. The number of fused-ring (bicyclic) bond motifs is 1. The van der Waals surface area contributed by atoms with Crippen molar-refractivity contribution in [2.75, 3.05) is 11.6 Å². The van der Waals surface area contributed by atoms with E-state index in [1.54, 1.807) is 30.5 Å². The second kappa shape index (κ2) is 8.02. The van der Waals surface area contributed by atoms with Gasteiger partial charge in [0.1, 0.15) is 5.82 Å². The summed E-state index contributed by atoms with van der Waals surface area (Å²) in [5.41, 5.74) is 7.24. The minimum atomic E-state index is -3.23. The van der Waals surface area contributed by atoms with Gasteiger partial charge in [-0.15, -0.1) is 0 Å². The number of hydrogen-bond donors (Lipinski definition) is 2. The molecule has 1 aliphatic rings. The van der Waals surface area contributed by atoms with Gasteiger partial charge in [0.05, 0.1) is 10.6 Å². The van der Waals surface area contributed by atoms with Crippen molar-refractivity contribution < 1.29 is 13.2 Å². The van der Waals surface area contributed by atoms with Gasteiger partial charge in [0.15, 0.2) is 9.84 Å². The Kier molecular flexibility index (Phi) is 5.42. The minimum absolute atomic E-state index is 0.0370.